The molecule has 0 heterocycles. The highest BCUT2D eigenvalue weighted by molar-refractivity contribution is 6.90. The highest BCUT2D eigenvalue weighted by Gasteiger charge is 2.45. The van der Waals surface area contributed by atoms with E-state index in [0.29, 0.717) is 5.75 Å². The van der Waals surface area contributed by atoms with Gasteiger partial charge in [0.1, 0.15) is 5.75 Å². The highest BCUT2D eigenvalue weighted by Crippen LogP contribution is 2.28. The third-order valence-corrected chi connectivity index (χ3v) is 22.3. The molecule has 0 aliphatic heterocycles. The summed E-state index contributed by atoms with van der Waals surface area (Å²) < 4.78 is 26.1. The Morgan fingerprint density at radius 2 is 1.13 bits per heavy atom. The van der Waals surface area contributed by atoms with Gasteiger partial charge in [0.15, 0.2) is 16.6 Å². The van der Waals surface area contributed by atoms with Crippen LogP contribution in [0, 0.1) is 0 Å². The zero-order valence-electron chi connectivity index (χ0n) is 21.0. The Hall–Kier alpha value is -0.0556. The Bertz CT molecular complexity index is 686. The van der Waals surface area contributed by atoms with E-state index in [1.54, 1.807) is 6.07 Å². The van der Waals surface area contributed by atoms with E-state index in [4.69, 9.17) is 16.5 Å². The topological polar surface area (TPSA) is 57.2 Å². The Morgan fingerprint density at radius 3 is 1.63 bits per heavy atom. The summed E-state index contributed by atoms with van der Waals surface area (Å²) in [5.41, 5.74) is 1.01. The van der Waals surface area contributed by atoms with E-state index in [1.165, 1.54) is 0 Å². The van der Waals surface area contributed by atoms with Crippen LogP contribution in [0.25, 0.3) is 0 Å². The van der Waals surface area contributed by atoms with Gasteiger partial charge < -0.3 is 21.6 Å². The van der Waals surface area contributed by atoms with Gasteiger partial charge in [-0.15, -0.1) is 0 Å². The largest absolute Gasteiger partial charge is 0.508 e. The zero-order valence-corrected chi connectivity index (χ0v) is 26.0. The molecular formula is C20H44O5Si5. The van der Waals surface area contributed by atoms with Crippen molar-refractivity contribution >= 4 is 42.3 Å². The Labute approximate surface area is 190 Å². The molecule has 0 saturated carbocycles. The van der Waals surface area contributed by atoms with Crippen LogP contribution < -0.4 is 0 Å². The molecule has 0 saturated heterocycles. The molecule has 0 radical (unpaired) electrons. The van der Waals surface area contributed by atoms with Gasteiger partial charge in [-0.25, -0.2) is 0 Å². The first-order chi connectivity index (χ1) is 13.3. The minimum Gasteiger partial charge on any atom is -0.508 e. The fourth-order valence-corrected chi connectivity index (χ4v) is 27.9. The molecule has 1 rings (SSSR count). The van der Waals surface area contributed by atoms with Crippen molar-refractivity contribution in [3.05, 3.63) is 29.8 Å². The lowest BCUT2D eigenvalue weighted by Gasteiger charge is -2.42. The van der Waals surface area contributed by atoms with Crippen molar-refractivity contribution < 1.29 is 21.6 Å². The van der Waals surface area contributed by atoms with Gasteiger partial charge in [-0.3, -0.25) is 0 Å². The zero-order chi connectivity index (χ0) is 23.4. The number of phenolic OH excluding ortho intramolecular Hbond substituents is 1. The second-order valence-electron chi connectivity index (χ2n) is 11.0. The summed E-state index contributed by atoms with van der Waals surface area (Å²) >= 11 is 0. The third-order valence-electron chi connectivity index (χ3n) is 4.27. The molecule has 5 nitrogen and oxygen atoms in total. The van der Waals surface area contributed by atoms with Crippen LogP contribution in [0.1, 0.15) is 12.0 Å². The van der Waals surface area contributed by atoms with Crippen molar-refractivity contribution in [2.75, 3.05) is 0 Å². The maximum Gasteiger partial charge on any atom is 0.314 e. The van der Waals surface area contributed by atoms with Gasteiger partial charge in [0.25, 0.3) is 0 Å². The van der Waals surface area contributed by atoms with Crippen LogP contribution in [-0.2, 0) is 22.9 Å². The Kier molecular flexibility index (Phi) is 9.56. The second kappa shape index (κ2) is 10.3. The minimum atomic E-state index is -2.38. The average Bonchev–Trinajstić information content (AvgIpc) is 2.42. The number of aromatic hydroxyl groups is 1. The normalized spacial score (nSPS) is 14.2. The molecule has 0 unspecified atom stereocenters. The first-order valence-corrected chi connectivity index (χ1v) is 25.9. The summed E-state index contributed by atoms with van der Waals surface area (Å²) in [5.74, 6) is 0.383. The van der Waals surface area contributed by atoms with E-state index in [9.17, 15) is 5.11 Å². The molecule has 1 aromatic rings. The number of para-hydroxylation sites is 1. The molecule has 0 spiro atoms. The standard InChI is InChI=1S/C20H44O5Si5/c1-26(2,3)22-28(6,7)24-30(10,11)25-29(8,9)23-27(4,5)18-14-16-19-15-12-13-17-20(19)21/h12-13,15,17,21H,14,16,18H2,1-11H3. The summed E-state index contributed by atoms with van der Waals surface area (Å²) in [6, 6.07) is 8.61. The predicted molar refractivity (Wildman–Crippen MR) is 139 cm³/mol. The second-order valence-corrected chi connectivity index (χ2v) is 30.9. The number of hydrogen-bond donors (Lipinski definition) is 1. The first-order valence-electron chi connectivity index (χ1n) is 10.9. The molecule has 174 valence electrons. The lowest BCUT2D eigenvalue weighted by atomic mass is 10.1. The van der Waals surface area contributed by atoms with Gasteiger partial charge in [0.05, 0.1) is 0 Å². The van der Waals surface area contributed by atoms with Crippen LogP contribution in [0.15, 0.2) is 24.3 Å². The fraction of sp³-hybridized carbons (Fsp3) is 0.700. The molecular weight excluding hydrogens is 461 g/mol. The fourth-order valence-electron chi connectivity index (χ4n) is 4.13. The van der Waals surface area contributed by atoms with Crippen molar-refractivity contribution in [1.82, 2.24) is 0 Å². The van der Waals surface area contributed by atoms with Gasteiger partial charge in [-0.2, -0.15) is 0 Å². The molecule has 10 heteroatoms. The van der Waals surface area contributed by atoms with Crippen LogP contribution in [0.3, 0.4) is 0 Å². The quantitative estimate of drug-likeness (QED) is 0.328. The summed E-state index contributed by atoms with van der Waals surface area (Å²) in [6.45, 7) is 23.9. The van der Waals surface area contributed by atoms with Crippen LogP contribution in [0.5, 0.6) is 5.75 Å². The van der Waals surface area contributed by atoms with Crippen LogP contribution in [0.4, 0.5) is 0 Å². The molecule has 0 fully saturated rings. The molecule has 0 amide bonds. The average molecular weight is 505 g/mol. The van der Waals surface area contributed by atoms with Gasteiger partial charge >= 0.3 is 25.7 Å². The van der Waals surface area contributed by atoms with Crippen molar-refractivity contribution in [1.29, 1.82) is 0 Å². The third kappa shape index (κ3) is 11.5. The number of rotatable bonds is 12. The van der Waals surface area contributed by atoms with Crippen LogP contribution in [0.2, 0.25) is 78.1 Å². The van der Waals surface area contributed by atoms with Crippen LogP contribution in [-0.4, -0.2) is 47.4 Å². The summed E-state index contributed by atoms with van der Waals surface area (Å²) in [7, 11) is -10.5. The number of benzene rings is 1. The molecule has 0 bridgehead atoms. The summed E-state index contributed by atoms with van der Waals surface area (Å²) in [5, 5.41) is 9.97. The molecule has 1 aromatic carbocycles. The van der Waals surface area contributed by atoms with Crippen molar-refractivity contribution in [2.24, 2.45) is 0 Å². The number of aryl methyl sites for hydroxylation is 1. The summed E-state index contributed by atoms with van der Waals surface area (Å²) in [6.07, 6.45) is 1.87. The van der Waals surface area contributed by atoms with E-state index >= 15 is 0 Å². The van der Waals surface area contributed by atoms with Crippen molar-refractivity contribution in [2.45, 2.75) is 90.9 Å². The van der Waals surface area contributed by atoms with Gasteiger partial charge in [-0.05, 0) is 103 Å². The monoisotopic (exact) mass is 504 g/mol. The number of hydrogen-bond acceptors (Lipinski definition) is 5. The molecule has 1 N–H and O–H groups in total. The van der Waals surface area contributed by atoms with E-state index in [2.05, 4.69) is 72.0 Å². The predicted octanol–water partition coefficient (Wildman–Crippen LogP) is 6.54. The van der Waals surface area contributed by atoms with Gasteiger partial charge in [0.2, 0.25) is 0 Å². The SMILES string of the molecule is C[Si](C)(C)O[Si](C)(C)O[Si](C)(C)O[Si](C)(C)O[Si](C)(C)CCCc1ccccc1O. The number of phenols is 1. The summed E-state index contributed by atoms with van der Waals surface area (Å²) in [4.78, 5) is 0. The Morgan fingerprint density at radius 1 is 0.667 bits per heavy atom. The van der Waals surface area contributed by atoms with Crippen molar-refractivity contribution in [3.63, 3.8) is 0 Å². The Balaban J connectivity index is 2.65. The smallest absolute Gasteiger partial charge is 0.314 e. The molecule has 0 aromatic heterocycles. The van der Waals surface area contributed by atoms with E-state index in [-0.39, 0.29) is 0 Å². The molecule has 30 heavy (non-hydrogen) atoms. The van der Waals surface area contributed by atoms with E-state index in [0.717, 1.165) is 24.4 Å². The molecule has 0 atom stereocenters. The van der Waals surface area contributed by atoms with E-state index < -0.39 is 42.3 Å². The van der Waals surface area contributed by atoms with Crippen LogP contribution >= 0.6 is 0 Å². The minimum absolute atomic E-state index is 0.383. The molecule has 0 aliphatic carbocycles. The lowest BCUT2D eigenvalue weighted by molar-refractivity contribution is 0.299. The maximum atomic E-state index is 9.97. The van der Waals surface area contributed by atoms with E-state index in [1.807, 2.05) is 18.2 Å². The highest BCUT2D eigenvalue weighted by atomic mass is 28.5. The molecule has 0 aliphatic rings. The van der Waals surface area contributed by atoms with Crippen molar-refractivity contribution in [3.8, 4) is 5.75 Å². The van der Waals surface area contributed by atoms with Gasteiger partial charge in [0, 0.05) is 0 Å². The lowest BCUT2D eigenvalue weighted by Crippen LogP contribution is -2.58. The first kappa shape index (κ1) is 28.0. The van der Waals surface area contributed by atoms with Gasteiger partial charge in [-0.1, -0.05) is 18.2 Å². The maximum absolute atomic E-state index is 9.97.